The van der Waals surface area contributed by atoms with Crippen LogP contribution >= 0.6 is 23.2 Å². The van der Waals surface area contributed by atoms with Gasteiger partial charge in [0.15, 0.2) is 9.75 Å². The second kappa shape index (κ2) is 6.96. The SMILES string of the molecule is COc1ccc(O)c(C2C3=CCC4C(=O)N(C)C(=O)C4C3CC3(Cl)C(=O)N(C)C(=O)C23Cl)c1. The van der Waals surface area contributed by atoms with Crippen molar-refractivity contribution in [3.8, 4) is 11.5 Å². The van der Waals surface area contributed by atoms with Crippen LogP contribution in [0.25, 0.3) is 0 Å². The third kappa shape index (κ3) is 2.53. The van der Waals surface area contributed by atoms with Crippen molar-refractivity contribution in [1.29, 1.82) is 0 Å². The van der Waals surface area contributed by atoms with Gasteiger partial charge in [0.1, 0.15) is 11.5 Å². The number of carbonyl (C=O) groups excluding carboxylic acids is 4. The predicted molar refractivity (Wildman–Crippen MR) is 118 cm³/mol. The van der Waals surface area contributed by atoms with Crippen LogP contribution in [0, 0.1) is 17.8 Å². The minimum absolute atomic E-state index is 0.0753. The van der Waals surface area contributed by atoms with Crippen LogP contribution in [0.15, 0.2) is 29.8 Å². The Kier molecular flexibility index (Phi) is 4.69. The first-order valence-corrected chi connectivity index (χ1v) is 11.3. The number of amides is 4. The third-order valence-electron chi connectivity index (χ3n) is 7.78. The van der Waals surface area contributed by atoms with E-state index < -0.39 is 45.2 Å². The van der Waals surface area contributed by atoms with Gasteiger partial charge in [-0.25, -0.2) is 0 Å². The number of hydrogen-bond acceptors (Lipinski definition) is 6. The molecular formula is C23H22Cl2N2O6. The smallest absolute Gasteiger partial charge is 0.253 e. The maximum absolute atomic E-state index is 13.4. The summed E-state index contributed by atoms with van der Waals surface area (Å²) in [4.78, 5) is 50.7. The summed E-state index contributed by atoms with van der Waals surface area (Å²) in [5.74, 6) is -4.60. The number of carbonyl (C=O) groups is 4. The fourth-order valence-electron chi connectivity index (χ4n) is 6.14. The van der Waals surface area contributed by atoms with Crippen molar-refractivity contribution >= 4 is 46.8 Å². The van der Waals surface area contributed by atoms with E-state index in [0.717, 1.165) is 9.80 Å². The molecule has 3 fully saturated rings. The van der Waals surface area contributed by atoms with Gasteiger partial charge in [-0.1, -0.05) is 11.6 Å². The molecule has 2 aliphatic heterocycles. The zero-order chi connectivity index (χ0) is 24.0. The van der Waals surface area contributed by atoms with Crippen LogP contribution in [0.2, 0.25) is 0 Å². The highest BCUT2D eigenvalue weighted by Crippen LogP contribution is 2.66. The van der Waals surface area contributed by atoms with Crippen LogP contribution in [-0.4, -0.2) is 69.5 Å². The molecule has 6 unspecified atom stereocenters. The molecule has 174 valence electrons. The molecular weight excluding hydrogens is 471 g/mol. The third-order valence-corrected chi connectivity index (χ3v) is 9.19. The zero-order valence-corrected chi connectivity index (χ0v) is 19.7. The van der Waals surface area contributed by atoms with Crippen molar-refractivity contribution < 1.29 is 29.0 Å². The van der Waals surface area contributed by atoms with Crippen LogP contribution in [0.5, 0.6) is 11.5 Å². The number of allylic oxidation sites excluding steroid dienone is 2. The molecule has 5 rings (SSSR count). The number of imide groups is 2. The van der Waals surface area contributed by atoms with Crippen LogP contribution < -0.4 is 4.74 Å². The van der Waals surface area contributed by atoms with Crippen molar-refractivity contribution in [2.24, 2.45) is 17.8 Å². The Hall–Kier alpha value is -2.58. The summed E-state index contributed by atoms with van der Waals surface area (Å²) < 4.78 is 5.32. The first kappa shape index (κ1) is 22.2. The molecule has 33 heavy (non-hydrogen) atoms. The molecule has 6 atom stereocenters. The summed E-state index contributed by atoms with van der Waals surface area (Å²) in [5, 5.41) is 10.8. The second-order valence-electron chi connectivity index (χ2n) is 9.16. The Labute approximate surface area is 200 Å². The molecule has 8 nitrogen and oxygen atoms in total. The fraction of sp³-hybridized carbons (Fsp3) is 0.478. The Morgan fingerprint density at radius 1 is 1.03 bits per heavy atom. The molecule has 1 N–H and O–H groups in total. The average Bonchev–Trinajstić information content (AvgIpc) is 3.09. The van der Waals surface area contributed by atoms with E-state index in [2.05, 4.69) is 0 Å². The van der Waals surface area contributed by atoms with Crippen molar-refractivity contribution in [1.82, 2.24) is 9.80 Å². The predicted octanol–water partition coefficient (Wildman–Crippen LogP) is 2.02. The molecule has 2 heterocycles. The summed E-state index contributed by atoms with van der Waals surface area (Å²) in [5.41, 5.74) is 0.893. The summed E-state index contributed by atoms with van der Waals surface area (Å²) >= 11 is 14.0. The summed E-state index contributed by atoms with van der Waals surface area (Å²) in [6, 6.07) is 4.53. The quantitative estimate of drug-likeness (QED) is 0.384. The number of halogens is 2. The fourth-order valence-corrected chi connectivity index (χ4v) is 7.15. The normalized spacial score (nSPS) is 37.7. The van der Waals surface area contributed by atoms with Crippen molar-refractivity contribution in [3.63, 3.8) is 0 Å². The van der Waals surface area contributed by atoms with Crippen LogP contribution in [0.3, 0.4) is 0 Å². The first-order chi connectivity index (χ1) is 15.5. The minimum atomic E-state index is -1.93. The van der Waals surface area contributed by atoms with Gasteiger partial charge in [-0.3, -0.25) is 29.0 Å². The lowest BCUT2D eigenvalue weighted by molar-refractivity contribution is -0.140. The number of hydrogen-bond donors (Lipinski definition) is 1. The van der Waals surface area contributed by atoms with E-state index in [0.29, 0.717) is 11.3 Å². The van der Waals surface area contributed by atoms with Gasteiger partial charge in [-0.05, 0) is 37.0 Å². The second-order valence-corrected chi connectivity index (χ2v) is 10.4. The van der Waals surface area contributed by atoms with Crippen LogP contribution in [0.1, 0.15) is 24.3 Å². The molecule has 1 aromatic rings. The molecule has 4 amide bonds. The molecule has 4 aliphatic rings. The number of alkyl halides is 2. The van der Waals surface area contributed by atoms with Crippen molar-refractivity contribution in [2.45, 2.75) is 28.5 Å². The number of phenols is 1. The van der Waals surface area contributed by atoms with E-state index in [1.807, 2.05) is 6.08 Å². The van der Waals surface area contributed by atoms with Gasteiger partial charge in [-0.2, -0.15) is 0 Å². The summed E-state index contributed by atoms with van der Waals surface area (Å²) in [6.45, 7) is 0. The monoisotopic (exact) mass is 492 g/mol. The number of methoxy groups -OCH3 is 1. The Bertz CT molecular complexity index is 1170. The van der Waals surface area contributed by atoms with Gasteiger partial charge in [0.05, 0.1) is 18.9 Å². The molecule has 1 aromatic carbocycles. The molecule has 1 saturated carbocycles. The number of ether oxygens (including phenoxy) is 1. The molecule has 2 saturated heterocycles. The summed E-state index contributed by atoms with van der Waals surface area (Å²) in [7, 11) is 4.22. The highest BCUT2D eigenvalue weighted by molar-refractivity contribution is 6.53. The Morgan fingerprint density at radius 2 is 1.73 bits per heavy atom. The topological polar surface area (TPSA) is 104 Å². The number of rotatable bonds is 2. The average molecular weight is 493 g/mol. The molecule has 0 spiro atoms. The number of fused-ring (bicyclic) bond motifs is 4. The van der Waals surface area contributed by atoms with E-state index >= 15 is 0 Å². The van der Waals surface area contributed by atoms with Crippen molar-refractivity contribution in [3.05, 3.63) is 35.4 Å². The standard InChI is InChI=1S/C23H22Cl2N2O6/c1-26-18(29)12-6-5-11-14(16(12)19(26)30)9-22(24)20(31)27(2)21(32)23(22,25)17(11)13-8-10(33-3)4-7-15(13)28/h4-5,7-8,12,14,16-17,28H,6,9H2,1-3H3. The van der Waals surface area contributed by atoms with Crippen molar-refractivity contribution in [2.75, 3.05) is 21.2 Å². The Morgan fingerprint density at radius 3 is 2.39 bits per heavy atom. The zero-order valence-electron chi connectivity index (χ0n) is 18.2. The number of phenolic OH excluding ortho intramolecular Hbond substituents is 1. The minimum Gasteiger partial charge on any atom is -0.508 e. The van der Waals surface area contributed by atoms with E-state index in [1.54, 1.807) is 12.1 Å². The largest absolute Gasteiger partial charge is 0.508 e. The van der Waals surface area contributed by atoms with Gasteiger partial charge in [-0.15, -0.1) is 23.2 Å². The van der Waals surface area contributed by atoms with Gasteiger partial charge in [0.25, 0.3) is 11.8 Å². The lowest BCUT2D eigenvalue weighted by Crippen LogP contribution is -2.60. The lowest BCUT2D eigenvalue weighted by atomic mass is 9.56. The van der Waals surface area contributed by atoms with Crippen LogP contribution in [0.4, 0.5) is 0 Å². The maximum atomic E-state index is 13.4. The van der Waals surface area contributed by atoms with E-state index in [9.17, 15) is 24.3 Å². The van der Waals surface area contributed by atoms with E-state index in [-0.39, 0.29) is 36.0 Å². The molecule has 0 bridgehead atoms. The number of nitrogens with zero attached hydrogens (tertiary/aromatic N) is 2. The highest BCUT2D eigenvalue weighted by Gasteiger charge is 2.76. The highest BCUT2D eigenvalue weighted by atomic mass is 35.5. The van der Waals surface area contributed by atoms with E-state index in [1.165, 1.54) is 27.3 Å². The number of likely N-dealkylation sites (tertiary alicyclic amines) is 2. The summed E-state index contributed by atoms with van der Waals surface area (Å²) in [6.07, 6.45) is 2.03. The van der Waals surface area contributed by atoms with Gasteiger partial charge in [0, 0.05) is 25.6 Å². The number of benzene rings is 1. The molecule has 0 aromatic heterocycles. The number of aromatic hydroxyl groups is 1. The molecule has 10 heteroatoms. The Balaban J connectivity index is 1.78. The van der Waals surface area contributed by atoms with E-state index in [4.69, 9.17) is 27.9 Å². The van der Waals surface area contributed by atoms with Gasteiger partial charge >= 0.3 is 0 Å². The van der Waals surface area contributed by atoms with Crippen LogP contribution in [-0.2, 0) is 19.2 Å². The first-order valence-electron chi connectivity index (χ1n) is 10.6. The molecule has 2 aliphatic carbocycles. The van der Waals surface area contributed by atoms with Gasteiger partial charge in [0.2, 0.25) is 11.8 Å². The molecule has 0 radical (unpaired) electrons. The van der Waals surface area contributed by atoms with Gasteiger partial charge < -0.3 is 9.84 Å². The maximum Gasteiger partial charge on any atom is 0.253 e. The lowest BCUT2D eigenvalue weighted by Gasteiger charge is -2.50.